The number of benzene rings is 9. The standard InChI is InChI=1S/C54H34BNO2/c1-3-16-35(17-4-1)43-32-37(33-44(36-18-5-2-6-19-36)53(43)55-46-24-9-13-28-51(46)57-52-29-14-10-25-47(52)55)39-22-15-23-42-45-34-38(30-31-50(45)58-54(39)42)56-48-26-11-7-20-40(48)41-21-8-12-27-49(41)56/h1-34H. The van der Waals surface area contributed by atoms with Gasteiger partial charge in [0.25, 0.3) is 6.71 Å². The van der Waals surface area contributed by atoms with Gasteiger partial charge in [-0.25, -0.2) is 0 Å². The summed E-state index contributed by atoms with van der Waals surface area (Å²) in [6, 6.07) is 73.9. The van der Waals surface area contributed by atoms with Gasteiger partial charge in [0.05, 0.1) is 11.0 Å². The molecule has 0 saturated heterocycles. The first-order valence-electron chi connectivity index (χ1n) is 19.9. The van der Waals surface area contributed by atoms with Crippen molar-refractivity contribution < 1.29 is 9.15 Å². The molecule has 58 heavy (non-hydrogen) atoms. The van der Waals surface area contributed by atoms with E-state index in [0.717, 1.165) is 72.3 Å². The molecule has 1 aliphatic rings. The van der Waals surface area contributed by atoms with Gasteiger partial charge in [-0.2, -0.15) is 0 Å². The second-order valence-corrected chi connectivity index (χ2v) is 15.2. The third-order valence-electron chi connectivity index (χ3n) is 11.9. The summed E-state index contributed by atoms with van der Waals surface area (Å²) >= 11 is 0. The van der Waals surface area contributed by atoms with E-state index in [4.69, 9.17) is 9.15 Å². The molecule has 12 rings (SSSR count). The highest BCUT2D eigenvalue weighted by molar-refractivity contribution is 6.98. The fourth-order valence-electron chi connectivity index (χ4n) is 9.41. The number of ether oxygens (including phenoxy) is 1. The molecule has 1 aliphatic heterocycles. The molecule has 0 bridgehead atoms. The van der Waals surface area contributed by atoms with E-state index in [1.807, 2.05) is 0 Å². The van der Waals surface area contributed by atoms with E-state index in [-0.39, 0.29) is 6.71 Å². The van der Waals surface area contributed by atoms with Gasteiger partial charge in [-0.3, -0.25) is 0 Å². The molecule has 0 fully saturated rings. The Bertz CT molecular complexity index is 3220. The van der Waals surface area contributed by atoms with Gasteiger partial charge in [-0.15, -0.1) is 0 Å². The van der Waals surface area contributed by atoms with Crippen LogP contribution in [0.3, 0.4) is 0 Å². The molecule has 2 aromatic heterocycles. The van der Waals surface area contributed by atoms with Crippen molar-refractivity contribution in [2.75, 3.05) is 0 Å². The van der Waals surface area contributed by atoms with E-state index in [0.29, 0.717) is 0 Å². The highest BCUT2D eigenvalue weighted by Crippen LogP contribution is 2.41. The first kappa shape index (κ1) is 32.7. The molecule has 270 valence electrons. The van der Waals surface area contributed by atoms with Crippen molar-refractivity contribution in [1.29, 1.82) is 0 Å². The summed E-state index contributed by atoms with van der Waals surface area (Å²) in [7, 11) is 0. The fraction of sp³-hybridized carbons (Fsp3) is 0. The maximum absolute atomic E-state index is 6.89. The maximum atomic E-state index is 6.89. The molecule has 0 amide bonds. The van der Waals surface area contributed by atoms with Crippen LogP contribution in [-0.4, -0.2) is 11.3 Å². The Morgan fingerprint density at radius 3 is 1.53 bits per heavy atom. The Hall–Kier alpha value is -7.56. The number of aromatic nitrogens is 1. The molecule has 3 heterocycles. The quantitative estimate of drug-likeness (QED) is 0.164. The van der Waals surface area contributed by atoms with Crippen molar-refractivity contribution in [3.63, 3.8) is 0 Å². The van der Waals surface area contributed by atoms with Crippen molar-refractivity contribution in [2.45, 2.75) is 0 Å². The number of fused-ring (bicyclic) bond motifs is 8. The highest BCUT2D eigenvalue weighted by atomic mass is 16.5. The Morgan fingerprint density at radius 1 is 0.379 bits per heavy atom. The zero-order chi connectivity index (χ0) is 38.2. The van der Waals surface area contributed by atoms with Gasteiger partial charge in [0, 0.05) is 32.8 Å². The Balaban J connectivity index is 1.12. The van der Waals surface area contributed by atoms with Crippen LogP contribution in [0.2, 0.25) is 0 Å². The monoisotopic (exact) mass is 739 g/mol. The zero-order valence-electron chi connectivity index (χ0n) is 31.5. The van der Waals surface area contributed by atoms with E-state index in [9.17, 15) is 0 Å². The minimum atomic E-state index is -0.0677. The van der Waals surface area contributed by atoms with Gasteiger partial charge < -0.3 is 13.7 Å². The molecular formula is C54H34BNO2. The van der Waals surface area contributed by atoms with E-state index in [1.165, 1.54) is 38.4 Å². The number of hydrogen-bond acceptors (Lipinski definition) is 2. The lowest BCUT2D eigenvalue weighted by Gasteiger charge is -2.30. The smallest absolute Gasteiger partial charge is 0.252 e. The number of rotatable bonds is 5. The van der Waals surface area contributed by atoms with Crippen LogP contribution >= 0.6 is 0 Å². The zero-order valence-corrected chi connectivity index (χ0v) is 31.5. The average Bonchev–Trinajstić information content (AvgIpc) is 3.84. The first-order valence-corrected chi connectivity index (χ1v) is 19.9. The minimum absolute atomic E-state index is 0.0677. The van der Waals surface area contributed by atoms with E-state index < -0.39 is 0 Å². The predicted molar refractivity (Wildman–Crippen MR) is 242 cm³/mol. The molecule has 11 aromatic rings. The number of furan rings is 1. The lowest BCUT2D eigenvalue weighted by molar-refractivity contribution is 0.487. The largest absolute Gasteiger partial charge is 0.458 e. The Kier molecular flexibility index (Phi) is 7.33. The van der Waals surface area contributed by atoms with E-state index in [2.05, 4.69) is 211 Å². The van der Waals surface area contributed by atoms with E-state index in [1.54, 1.807) is 0 Å². The van der Waals surface area contributed by atoms with Crippen LogP contribution < -0.4 is 21.1 Å². The van der Waals surface area contributed by atoms with Gasteiger partial charge in [0.2, 0.25) is 0 Å². The summed E-state index contributed by atoms with van der Waals surface area (Å²) in [5.74, 6) is 1.78. The van der Waals surface area contributed by atoms with Crippen LogP contribution in [0, 0.1) is 0 Å². The summed E-state index contributed by atoms with van der Waals surface area (Å²) in [6.45, 7) is -0.0677. The molecule has 0 atom stereocenters. The lowest BCUT2D eigenvalue weighted by atomic mass is 9.34. The molecule has 0 N–H and O–H groups in total. The SMILES string of the molecule is c1ccc(-c2cc(-c3cccc4c3oc3ccc(-n5c6ccccc6c6ccccc65)cc34)cc(-c3ccccc3)c2B2c3ccccc3Oc3ccccc32)cc1. The molecule has 0 spiro atoms. The van der Waals surface area contributed by atoms with E-state index >= 15 is 0 Å². The van der Waals surface area contributed by atoms with Crippen molar-refractivity contribution >= 4 is 66.8 Å². The molecule has 0 unspecified atom stereocenters. The summed E-state index contributed by atoms with van der Waals surface area (Å²) in [4.78, 5) is 0. The summed E-state index contributed by atoms with van der Waals surface area (Å²) in [6.07, 6.45) is 0. The average molecular weight is 740 g/mol. The summed E-state index contributed by atoms with van der Waals surface area (Å²) in [5.41, 5.74) is 15.6. The molecule has 4 heteroatoms. The van der Waals surface area contributed by atoms with Crippen LogP contribution in [0.25, 0.3) is 82.8 Å². The summed E-state index contributed by atoms with van der Waals surface area (Å²) < 4.78 is 15.8. The molecule has 0 radical (unpaired) electrons. The van der Waals surface area contributed by atoms with Gasteiger partial charge in [0.15, 0.2) is 0 Å². The van der Waals surface area contributed by atoms with Gasteiger partial charge in [-0.05, 0) is 93.3 Å². The van der Waals surface area contributed by atoms with Gasteiger partial charge in [0.1, 0.15) is 22.7 Å². The van der Waals surface area contributed by atoms with Crippen LogP contribution in [-0.2, 0) is 0 Å². The maximum Gasteiger partial charge on any atom is 0.252 e. The lowest BCUT2D eigenvalue weighted by Crippen LogP contribution is -2.56. The van der Waals surface area contributed by atoms with Crippen molar-refractivity contribution in [1.82, 2.24) is 4.57 Å². The Morgan fingerprint density at radius 2 is 0.914 bits per heavy atom. The molecule has 0 aliphatic carbocycles. The second kappa shape index (κ2) is 13.0. The molecular weight excluding hydrogens is 705 g/mol. The highest BCUT2D eigenvalue weighted by Gasteiger charge is 2.36. The van der Waals surface area contributed by atoms with Crippen LogP contribution in [0.15, 0.2) is 211 Å². The fourth-order valence-corrected chi connectivity index (χ4v) is 9.41. The molecule has 9 aromatic carbocycles. The van der Waals surface area contributed by atoms with Crippen LogP contribution in [0.1, 0.15) is 0 Å². The molecule has 3 nitrogen and oxygen atoms in total. The third kappa shape index (κ3) is 5.02. The molecule has 0 saturated carbocycles. The number of nitrogens with zero attached hydrogens (tertiary/aromatic N) is 1. The van der Waals surface area contributed by atoms with Crippen LogP contribution in [0.5, 0.6) is 11.5 Å². The van der Waals surface area contributed by atoms with Crippen molar-refractivity contribution in [3.05, 3.63) is 206 Å². The minimum Gasteiger partial charge on any atom is -0.458 e. The summed E-state index contributed by atoms with van der Waals surface area (Å²) in [5, 5.41) is 4.68. The topological polar surface area (TPSA) is 27.3 Å². The van der Waals surface area contributed by atoms with Crippen molar-refractivity contribution in [2.24, 2.45) is 0 Å². The Labute approximate surface area is 336 Å². The number of hydrogen-bond donors (Lipinski definition) is 0. The second-order valence-electron chi connectivity index (χ2n) is 15.2. The van der Waals surface area contributed by atoms with Gasteiger partial charge in [-0.1, -0.05) is 157 Å². The predicted octanol–water partition coefficient (Wildman–Crippen LogP) is 12.3. The van der Waals surface area contributed by atoms with Crippen LogP contribution in [0.4, 0.5) is 0 Å². The first-order chi connectivity index (χ1) is 28.8. The van der Waals surface area contributed by atoms with Gasteiger partial charge >= 0.3 is 0 Å². The number of para-hydroxylation sites is 5. The third-order valence-corrected chi connectivity index (χ3v) is 11.9. The normalized spacial score (nSPS) is 12.2. The van der Waals surface area contributed by atoms with Crippen molar-refractivity contribution in [3.8, 4) is 50.6 Å².